The first-order chi connectivity index (χ1) is 15.0. The van der Waals surface area contributed by atoms with Crippen molar-refractivity contribution < 1.29 is 37.5 Å². The van der Waals surface area contributed by atoms with E-state index < -0.39 is 49.4 Å². The molecule has 0 saturated carbocycles. The average Bonchev–Trinajstić information content (AvgIpc) is 2.66. The molecule has 0 spiro atoms. The Bertz CT molecular complexity index is 1070. The van der Waals surface area contributed by atoms with Gasteiger partial charge in [-0.05, 0) is 24.2 Å². The summed E-state index contributed by atoms with van der Waals surface area (Å²) in [5.41, 5.74) is -4.31. The number of rotatable bonds is 7. The first-order valence-electron chi connectivity index (χ1n) is 9.48. The van der Waals surface area contributed by atoms with Crippen LogP contribution in [0.2, 0.25) is 16.1 Å². The number of benzene rings is 2. The third-order valence-corrected chi connectivity index (χ3v) is 6.57. The minimum Gasteiger partial charge on any atom is -0.478 e. The molecule has 2 aromatic rings. The molecule has 0 aliphatic heterocycles. The highest BCUT2D eigenvalue weighted by molar-refractivity contribution is 6.37. The zero-order valence-electron chi connectivity index (χ0n) is 17.9. The summed E-state index contributed by atoms with van der Waals surface area (Å²) in [6.07, 6.45) is -4.68. The zero-order valence-corrected chi connectivity index (χ0v) is 21.4. The molecule has 0 aromatic heterocycles. The van der Waals surface area contributed by atoms with Gasteiger partial charge < -0.3 is 14.6 Å². The molecule has 1 atom stereocenters. The van der Waals surface area contributed by atoms with Crippen LogP contribution in [0.25, 0.3) is 0 Å². The van der Waals surface area contributed by atoms with E-state index in [2.05, 4.69) is 0 Å². The van der Waals surface area contributed by atoms with Crippen molar-refractivity contribution in [3.8, 4) is 17.2 Å². The van der Waals surface area contributed by atoms with Crippen LogP contribution in [-0.2, 0) is 11.0 Å². The maximum absolute atomic E-state index is 12.9. The van der Waals surface area contributed by atoms with E-state index >= 15 is 0 Å². The summed E-state index contributed by atoms with van der Waals surface area (Å²) in [5.74, 6) is -2.10. The molecule has 13 heteroatoms. The molecular weight excluding hydrogens is 506 g/mol. The van der Waals surface area contributed by atoms with Crippen molar-refractivity contribution in [1.82, 2.24) is 0 Å². The molecule has 7 nitrogen and oxygen atoms in total. The van der Waals surface area contributed by atoms with Crippen molar-refractivity contribution in [2.24, 2.45) is 5.41 Å². The fourth-order valence-electron chi connectivity index (χ4n) is 3.19. The molecule has 33 heavy (non-hydrogen) atoms. The smallest absolute Gasteiger partial charge is 0.416 e. The summed E-state index contributed by atoms with van der Waals surface area (Å²) in [4.78, 5) is 22.9. The standard InChI is InChI=1S/C20H20Cl2F3NO6Si/c1-18(2,3)19(9-33,17(27)28)32-15-8-11(4-5-14(15)26(29)30)31-16-12(21)6-10(7-13(16)22)20(23,24)25/h4-8H,9H2,1-3,33H3,(H,27,28). The molecule has 0 aliphatic carbocycles. The first-order valence-corrected chi connectivity index (χ1v) is 11.7. The number of aliphatic carboxylic acids is 1. The molecule has 0 heterocycles. The highest BCUT2D eigenvalue weighted by Crippen LogP contribution is 2.45. The van der Waals surface area contributed by atoms with Gasteiger partial charge in [0.15, 0.2) is 5.75 Å². The summed E-state index contributed by atoms with van der Waals surface area (Å²) < 4.78 is 50.1. The molecule has 0 bridgehead atoms. The Morgan fingerprint density at radius 3 is 2.09 bits per heavy atom. The maximum atomic E-state index is 12.9. The van der Waals surface area contributed by atoms with Gasteiger partial charge in [0.25, 0.3) is 0 Å². The molecule has 1 N–H and O–H groups in total. The normalized spacial score (nSPS) is 13.9. The Labute approximate surface area is 200 Å². The van der Waals surface area contributed by atoms with Crippen LogP contribution in [0.15, 0.2) is 30.3 Å². The van der Waals surface area contributed by atoms with Crippen molar-refractivity contribution in [3.63, 3.8) is 0 Å². The topological polar surface area (TPSA) is 98.9 Å². The van der Waals surface area contributed by atoms with Gasteiger partial charge >= 0.3 is 17.8 Å². The van der Waals surface area contributed by atoms with E-state index in [4.69, 9.17) is 32.7 Å². The number of carboxylic acid groups (broad SMARTS) is 1. The second kappa shape index (κ2) is 9.39. The second-order valence-electron chi connectivity index (χ2n) is 8.09. The Morgan fingerprint density at radius 2 is 1.70 bits per heavy atom. The second-order valence-corrected chi connectivity index (χ2v) is 9.61. The van der Waals surface area contributed by atoms with Gasteiger partial charge in [-0.1, -0.05) is 44.0 Å². The van der Waals surface area contributed by atoms with Crippen LogP contribution in [0.1, 0.15) is 26.3 Å². The van der Waals surface area contributed by atoms with Crippen LogP contribution >= 0.6 is 23.2 Å². The van der Waals surface area contributed by atoms with Crippen molar-refractivity contribution in [3.05, 3.63) is 56.1 Å². The predicted molar refractivity (Wildman–Crippen MR) is 120 cm³/mol. The van der Waals surface area contributed by atoms with Gasteiger partial charge in [-0.25, -0.2) is 4.79 Å². The Balaban J connectivity index is 2.57. The quantitative estimate of drug-likeness (QED) is 0.281. The minimum atomic E-state index is -4.68. The van der Waals surface area contributed by atoms with Gasteiger partial charge in [-0.2, -0.15) is 13.2 Å². The maximum Gasteiger partial charge on any atom is 0.416 e. The number of nitrogens with zero attached hydrogens (tertiary/aromatic N) is 1. The van der Waals surface area contributed by atoms with Crippen molar-refractivity contribution in [1.29, 1.82) is 0 Å². The van der Waals surface area contributed by atoms with E-state index in [0.29, 0.717) is 22.4 Å². The van der Waals surface area contributed by atoms with Crippen LogP contribution in [0.5, 0.6) is 17.2 Å². The monoisotopic (exact) mass is 525 g/mol. The Kier molecular flexibility index (Phi) is 7.61. The highest BCUT2D eigenvalue weighted by Gasteiger charge is 2.51. The van der Waals surface area contributed by atoms with Gasteiger partial charge in [0.05, 0.1) is 20.5 Å². The Morgan fingerprint density at radius 1 is 1.15 bits per heavy atom. The van der Waals surface area contributed by atoms with Crippen molar-refractivity contribution >= 4 is 45.1 Å². The van der Waals surface area contributed by atoms with Gasteiger partial charge in [0, 0.05) is 27.8 Å². The summed E-state index contributed by atoms with van der Waals surface area (Å²) >= 11 is 11.8. The number of halogens is 5. The van der Waals surface area contributed by atoms with E-state index in [0.717, 1.165) is 18.2 Å². The number of hydrogen-bond acceptors (Lipinski definition) is 5. The van der Waals surface area contributed by atoms with Gasteiger partial charge in [-0.15, -0.1) is 0 Å². The van der Waals surface area contributed by atoms with Crippen LogP contribution in [0, 0.1) is 15.5 Å². The number of alkyl halides is 3. The number of nitro groups is 1. The average molecular weight is 526 g/mol. The summed E-state index contributed by atoms with van der Waals surface area (Å²) in [7, 11) is 0.418. The highest BCUT2D eigenvalue weighted by atomic mass is 35.5. The van der Waals surface area contributed by atoms with Gasteiger partial charge in [0.1, 0.15) is 5.75 Å². The van der Waals surface area contributed by atoms with E-state index in [1.54, 1.807) is 20.8 Å². The third kappa shape index (κ3) is 5.53. The van der Waals surface area contributed by atoms with Crippen LogP contribution in [-0.4, -0.2) is 31.8 Å². The van der Waals surface area contributed by atoms with Crippen LogP contribution in [0.3, 0.4) is 0 Å². The third-order valence-electron chi connectivity index (χ3n) is 5.01. The zero-order chi connectivity index (χ0) is 25.4. The summed E-state index contributed by atoms with van der Waals surface area (Å²) in [5, 5.41) is 20.5. The van der Waals surface area contributed by atoms with Crippen molar-refractivity contribution in [2.45, 2.75) is 38.6 Å². The lowest BCUT2D eigenvalue weighted by atomic mass is 9.77. The van der Waals surface area contributed by atoms with Crippen molar-refractivity contribution in [2.75, 3.05) is 0 Å². The molecule has 0 amide bonds. The lowest BCUT2D eigenvalue weighted by Gasteiger charge is -2.40. The molecule has 0 radical (unpaired) electrons. The molecule has 2 aromatic carbocycles. The number of nitro benzene ring substituents is 1. The summed E-state index contributed by atoms with van der Waals surface area (Å²) in [6.45, 7) is 4.90. The Hall–Kier alpha value is -2.50. The lowest BCUT2D eigenvalue weighted by molar-refractivity contribution is -0.386. The molecule has 1 unspecified atom stereocenters. The first kappa shape index (κ1) is 26.7. The number of carbonyl (C=O) groups is 1. The lowest BCUT2D eigenvalue weighted by Crippen LogP contribution is -2.54. The summed E-state index contributed by atoms with van der Waals surface area (Å²) in [6, 6.07) is 4.63. The van der Waals surface area contributed by atoms with Crippen LogP contribution in [0.4, 0.5) is 18.9 Å². The van der Waals surface area contributed by atoms with Crippen LogP contribution < -0.4 is 9.47 Å². The number of carboxylic acids is 1. The van der Waals surface area contributed by atoms with E-state index in [-0.39, 0.29) is 23.3 Å². The molecular formula is C20H20Cl2F3NO6Si. The van der Waals surface area contributed by atoms with Gasteiger partial charge in [-0.3, -0.25) is 10.1 Å². The number of ether oxygens (including phenoxy) is 2. The fourth-order valence-corrected chi connectivity index (χ4v) is 5.26. The molecule has 0 fully saturated rings. The van der Waals surface area contributed by atoms with E-state index in [1.807, 2.05) is 0 Å². The largest absolute Gasteiger partial charge is 0.478 e. The molecule has 0 aliphatic rings. The molecule has 0 saturated heterocycles. The fraction of sp³-hybridized carbons (Fsp3) is 0.350. The van der Waals surface area contributed by atoms with E-state index in [9.17, 15) is 33.2 Å². The molecule has 2 rings (SSSR count). The predicted octanol–water partition coefficient (Wildman–Crippen LogP) is 5.74. The SMILES string of the molecule is CC(C)(C)C(C[SiH3])(Oc1cc(Oc2c(Cl)cc(C(F)(F)F)cc2Cl)ccc1[N+](=O)[O-])C(=O)O. The number of hydrogen-bond donors (Lipinski definition) is 1. The minimum absolute atomic E-state index is 0.110. The van der Waals surface area contributed by atoms with Gasteiger partial charge in [0.2, 0.25) is 11.4 Å². The molecule has 180 valence electrons. The van der Waals surface area contributed by atoms with E-state index in [1.165, 1.54) is 0 Å².